The fraction of sp³-hybridized carbons (Fsp3) is 0.0625. The predicted octanol–water partition coefficient (Wildman–Crippen LogP) is 3.03. The number of benzene rings is 2. The molecule has 0 radical (unpaired) electrons. The first-order valence-corrected chi connectivity index (χ1v) is 6.80. The molecular weight excluding hydrogens is 304 g/mol. The number of amides is 1. The first kappa shape index (κ1) is 15.7. The summed E-state index contributed by atoms with van der Waals surface area (Å²) >= 11 is 5.82. The van der Waals surface area contributed by atoms with Gasteiger partial charge in [-0.25, -0.2) is 5.43 Å². The fourth-order valence-electron chi connectivity index (χ4n) is 1.65. The highest BCUT2D eigenvalue weighted by Gasteiger charge is 2.03. The summed E-state index contributed by atoms with van der Waals surface area (Å²) in [5.41, 5.74) is 3.59. The number of ether oxygens (including phenoxy) is 1. The molecule has 0 aliphatic heterocycles. The van der Waals surface area contributed by atoms with Crippen LogP contribution in [0.25, 0.3) is 0 Å². The first-order chi connectivity index (χ1) is 10.5. The number of hydrogen-bond acceptors (Lipinski definition) is 4. The van der Waals surface area contributed by atoms with Gasteiger partial charge < -0.3 is 4.74 Å². The zero-order valence-corrected chi connectivity index (χ0v) is 12.5. The number of carbonyl (C=O) groups is 2. The summed E-state index contributed by atoms with van der Waals surface area (Å²) in [4.78, 5) is 22.6. The number of hydrogen-bond donors (Lipinski definition) is 1. The Morgan fingerprint density at radius 3 is 2.55 bits per heavy atom. The summed E-state index contributed by atoms with van der Waals surface area (Å²) in [6, 6.07) is 13.3. The average molecular weight is 317 g/mol. The SMILES string of the molecule is CC(=O)Oc1ccc(/C=N\NC(=O)c2cccc(Cl)c2)cc1. The van der Waals surface area contributed by atoms with Gasteiger partial charge in [0.25, 0.3) is 5.91 Å². The normalized spacial score (nSPS) is 10.5. The Balaban J connectivity index is 1.94. The Bertz CT molecular complexity index is 712. The molecule has 0 saturated carbocycles. The monoisotopic (exact) mass is 316 g/mol. The van der Waals surface area contributed by atoms with Gasteiger partial charge >= 0.3 is 5.97 Å². The minimum atomic E-state index is -0.379. The topological polar surface area (TPSA) is 67.8 Å². The molecule has 6 heteroatoms. The molecular formula is C16H13ClN2O3. The van der Waals surface area contributed by atoms with Crippen molar-refractivity contribution in [2.45, 2.75) is 6.92 Å². The molecule has 2 rings (SSSR count). The van der Waals surface area contributed by atoms with Crippen LogP contribution in [0.4, 0.5) is 0 Å². The third-order valence-electron chi connectivity index (χ3n) is 2.61. The highest BCUT2D eigenvalue weighted by Crippen LogP contribution is 2.12. The summed E-state index contributed by atoms with van der Waals surface area (Å²) in [7, 11) is 0. The van der Waals surface area contributed by atoms with Gasteiger partial charge in [0.2, 0.25) is 0 Å². The van der Waals surface area contributed by atoms with E-state index in [4.69, 9.17) is 16.3 Å². The van der Waals surface area contributed by atoms with Gasteiger partial charge in [-0.15, -0.1) is 0 Å². The number of esters is 1. The predicted molar refractivity (Wildman–Crippen MR) is 84.3 cm³/mol. The number of halogens is 1. The molecule has 22 heavy (non-hydrogen) atoms. The smallest absolute Gasteiger partial charge is 0.308 e. The largest absolute Gasteiger partial charge is 0.427 e. The van der Waals surface area contributed by atoms with E-state index < -0.39 is 0 Å². The third-order valence-corrected chi connectivity index (χ3v) is 2.84. The van der Waals surface area contributed by atoms with Gasteiger partial charge in [0.05, 0.1) is 6.21 Å². The zero-order chi connectivity index (χ0) is 15.9. The van der Waals surface area contributed by atoms with Gasteiger partial charge in [0, 0.05) is 17.5 Å². The molecule has 0 atom stereocenters. The van der Waals surface area contributed by atoms with E-state index in [9.17, 15) is 9.59 Å². The molecule has 0 aromatic heterocycles. The van der Waals surface area contributed by atoms with Crippen LogP contribution in [-0.4, -0.2) is 18.1 Å². The zero-order valence-electron chi connectivity index (χ0n) is 11.7. The Labute approximate surface area is 132 Å². The lowest BCUT2D eigenvalue weighted by molar-refractivity contribution is -0.131. The van der Waals surface area contributed by atoms with Crippen molar-refractivity contribution in [1.82, 2.24) is 5.43 Å². The molecule has 5 nitrogen and oxygen atoms in total. The van der Waals surface area contributed by atoms with Crippen molar-refractivity contribution in [2.24, 2.45) is 5.10 Å². The van der Waals surface area contributed by atoms with Crippen molar-refractivity contribution in [3.8, 4) is 5.75 Å². The maximum atomic E-state index is 11.8. The lowest BCUT2D eigenvalue weighted by Gasteiger charge is -2.01. The van der Waals surface area contributed by atoms with Crippen LogP contribution in [0, 0.1) is 0 Å². The van der Waals surface area contributed by atoms with E-state index >= 15 is 0 Å². The minimum absolute atomic E-state index is 0.352. The molecule has 2 aromatic rings. The molecule has 0 saturated heterocycles. The van der Waals surface area contributed by atoms with Crippen LogP contribution in [0.3, 0.4) is 0 Å². The Morgan fingerprint density at radius 1 is 1.18 bits per heavy atom. The fourth-order valence-corrected chi connectivity index (χ4v) is 1.84. The summed E-state index contributed by atoms with van der Waals surface area (Å²) in [5.74, 6) is -0.280. The van der Waals surface area contributed by atoms with E-state index in [0.29, 0.717) is 16.3 Å². The van der Waals surface area contributed by atoms with E-state index in [2.05, 4.69) is 10.5 Å². The van der Waals surface area contributed by atoms with E-state index in [-0.39, 0.29) is 11.9 Å². The summed E-state index contributed by atoms with van der Waals surface area (Å²) in [5, 5.41) is 4.35. The van der Waals surface area contributed by atoms with Gasteiger partial charge in [0.15, 0.2) is 0 Å². The van der Waals surface area contributed by atoms with Crippen LogP contribution < -0.4 is 10.2 Å². The molecule has 0 unspecified atom stereocenters. The van der Waals surface area contributed by atoms with Crippen LogP contribution in [-0.2, 0) is 4.79 Å². The molecule has 112 valence electrons. The molecule has 2 aromatic carbocycles. The Morgan fingerprint density at radius 2 is 1.91 bits per heavy atom. The van der Waals surface area contributed by atoms with Crippen molar-refractivity contribution < 1.29 is 14.3 Å². The molecule has 0 heterocycles. The number of nitrogens with one attached hydrogen (secondary N) is 1. The third kappa shape index (κ3) is 4.71. The van der Waals surface area contributed by atoms with Crippen molar-refractivity contribution >= 4 is 29.7 Å². The van der Waals surface area contributed by atoms with Crippen LogP contribution >= 0.6 is 11.6 Å². The molecule has 0 fully saturated rings. The average Bonchev–Trinajstić information content (AvgIpc) is 2.48. The van der Waals surface area contributed by atoms with Gasteiger partial charge in [-0.05, 0) is 48.0 Å². The lowest BCUT2D eigenvalue weighted by Crippen LogP contribution is -2.17. The van der Waals surface area contributed by atoms with E-state index in [1.165, 1.54) is 13.1 Å². The van der Waals surface area contributed by atoms with Crippen LogP contribution in [0.2, 0.25) is 5.02 Å². The number of nitrogens with zero attached hydrogens (tertiary/aromatic N) is 1. The summed E-state index contributed by atoms with van der Waals surface area (Å²) in [6.45, 7) is 1.33. The standard InChI is InChI=1S/C16H13ClN2O3/c1-11(20)22-15-7-5-12(6-8-15)10-18-19-16(21)13-3-2-4-14(17)9-13/h2-10H,1H3,(H,19,21)/b18-10-. The Kier molecular flexibility index (Phi) is 5.27. The molecule has 0 aliphatic carbocycles. The summed E-state index contributed by atoms with van der Waals surface area (Å²) < 4.78 is 4.92. The molecule has 1 amide bonds. The van der Waals surface area contributed by atoms with Crippen LogP contribution in [0.1, 0.15) is 22.8 Å². The molecule has 0 spiro atoms. The van der Waals surface area contributed by atoms with Crippen LogP contribution in [0.15, 0.2) is 53.6 Å². The number of rotatable bonds is 4. The number of carbonyl (C=O) groups excluding carboxylic acids is 2. The van der Waals surface area contributed by atoms with Crippen LogP contribution in [0.5, 0.6) is 5.75 Å². The second-order valence-corrected chi connectivity index (χ2v) is 4.81. The quantitative estimate of drug-likeness (QED) is 0.408. The Hall–Kier alpha value is -2.66. The molecule has 0 aliphatic rings. The molecule has 0 bridgehead atoms. The van der Waals surface area contributed by atoms with Gasteiger partial charge in [-0.1, -0.05) is 17.7 Å². The second-order valence-electron chi connectivity index (χ2n) is 4.37. The van der Waals surface area contributed by atoms with Gasteiger partial charge in [-0.3, -0.25) is 9.59 Å². The van der Waals surface area contributed by atoms with Gasteiger partial charge in [-0.2, -0.15) is 5.10 Å². The van der Waals surface area contributed by atoms with E-state index in [1.807, 2.05) is 0 Å². The van der Waals surface area contributed by atoms with Gasteiger partial charge in [0.1, 0.15) is 5.75 Å². The minimum Gasteiger partial charge on any atom is -0.427 e. The lowest BCUT2D eigenvalue weighted by atomic mass is 10.2. The van der Waals surface area contributed by atoms with Crippen molar-refractivity contribution in [1.29, 1.82) is 0 Å². The first-order valence-electron chi connectivity index (χ1n) is 6.42. The maximum Gasteiger partial charge on any atom is 0.308 e. The molecule has 1 N–H and O–H groups in total. The number of hydrazone groups is 1. The highest BCUT2D eigenvalue weighted by molar-refractivity contribution is 6.30. The van der Waals surface area contributed by atoms with E-state index in [1.54, 1.807) is 48.5 Å². The highest BCUT2D eigenvalue weighted by atomic mass is 35.5. The van der Waals surface area contributed by atoms with E-state index in [0.717, 1.165) is 5.56 Å². The van der Waals surface area contributed by atoms with Crippen molar-refractivity contribution in [3.05, 3.63) is 64.7 Å². The van der Waals surface area contributed by atoms with Crippen molar-refractivity contribution in [3.63, 3.8) is 0 Å². The van der Waals surface area contributed by atoms with Crippen molar-refractivity contribution in [2.75, 3.05) is 0 Å². The second kappa shape index (κ2) is 7.38. The maximum absolute atomic E-state index is 11.8. The summed E-state index contributed by atoms with van der Waals surface area (Å²) in [6.07, 6.45) is 1.49.